The average Bonchev–Trinajstić information content (AvgIpc) is 2.64. The molecular weight excluding hydrogens is 527 g/mol. The predicted molar refractivity (Wildman–Crippen MR) is 113 cm³/mol. The van der Waals surface area contributed by atoms with E-state index in [1.54, 1.807) is 24.3 Å². The highest BCUT2D eigenvalue weighted by atomic mass is 127. The first-order chi connectivity index (χ1) is 13.6. The number of guanidine groups is 1. The van der Waals surface area contributed by atoms with Crippen LogP contribution >= 0.6 is 24.0 Å². The van der Waals surface area contributed by atoms with E-state index in [0.29, 0.717) is 30.9 Å². The molecule has 0 radical (unpaired) electrons. The van der Waals surface area contributed by atoms with E-state index in [9.17, 15) is 26.3 Å². The number of hydrogen-bond acceptors (Lipinski definition) is 2. The third-order valence-electron chi connectivity index (χ3n) is 4.69. The normalized spacial score (nSPS) is 20.4. The Morgan fingerprint density at radius 2 is 1.83 bits per heavy atom. The minimum atomic E-state index is -4.37. The van der Waals surface area contributed by atoms with Gasteiger partial charge in [0.05, 0.1) is 12.5 Å². The Balaban J connectivity index is 0.00000450. The lowest BCUT2D eigenvalue weighted by atomic mass is 9.85. The Morgan fingerprint density at radius 1 is 1.13 bits per heavy atom. The predicted octanol–water partition coefficient (Wildman–Crippen LogP) is 5.17. The number of nitrogens with one attached hydrogen (secondary N) is 2. The van der Waals surface area contributed by atoms with Crippen LogP contribution < -0.4 is 10.6 Å². The third-order valence-corrected chi connectivity index (χ3v) is 4.69. The summed E-state index contributed by atoms with van der Waals surface area (Å²) in [5.41, 5.74) is 1.38. The van der Waals surface area contributed by atoms with E-state index < -0.39 is 24.9 Å². The summed E-state index contributed by atoms with van der Waals surface area (Å²) >= 11 is 0. The Kier molecular flexibility index (Phi) is 10.7. The van der Waals surface area contributed by atoms with Crippen molar-refractivity contribution in [2.24, 2.45) is 10.9 Å². The smallest absolute Gasteiger partial charge is 0.367 e. The monoisotopic (exact) mass is 553 g/mol. The molecule has 2 rings (SSSR count). The van der Waals surface area contributed by atoms with Crippen LogP contribution in [-0.4, -0.2) is 38.0 Å². The summed E-state index contributed by atoms with van der Waals surface area (Å²) in [6.45, 7) is -1.16. The van der Waals surface area contributed by atoms with Gasteiger partial charge in [0.25, 0.3) is 0 Å². The molecule has 2 atom stereocenters. The van der Waals surface area contributed by atoms with E-state index in [2.05, 4.69) is 20.4 Å². The fraction of sp³-hybridized carbons (Fsp3) is 0.632. The lowest BCUT2D eigenvalue weighted by Crippen LogP contribution is -2.46. The molecular formula is C19H26F6IN3O. The second-order valence-electron chi connectivity index (χ2n) is 7.10. The van der Waals surface area contributed by atoms with Crippen LogP contribution in [0.2, 0.25) is 0 Å². The standard InChI is InChI=1S/C19H25F6N3O.HI/c1-26-17(28-16-7-3-6-15(9-16)19(23,24)25)27-10-13-4-2-5-14(8-13)11-29-12-18(20,21)22;/h2,4-5,8,15-16H,3,6-7,9-12H2,1H3,(H2,26,27,28);1H. The molecule has 1 aromatic carbocycles. The van der Waals surface area contributed by atoms with Crippen molar-refractivity contribution in [1.29, 1.82) is 0 Å². The van der Waals surface area contributed by atoms with Crippen molar-refractivity contribution in [3.63, 3.8) is 0 Å². The number of nitrogens with zero attached hydrogens (tertiary/aromatic N) is 1. The Morgan fingerprint density at radius 3 is 2.47 bits per heavy atom. The molecule has 4 nitrogen and oxygen atoms in total. The topological polar surface area (TPSA) is 45.7 Å². The largest absolute Gasteiger partial charge is 0.411 e. The van der Waals surface area contributed by atoms with E-state index >= 15 is 0 Å². The molecule has 1 saturated carbocycles. The van der Waals surface area contributed by atoms with Crippen molar-refractivity contribution in [3.8, 4) is 0 Å². The maximum Gasteiger partial charge on any atom is 0.411 e. The summed E-state index contributed by atoms with van der Waals surface area (Å²) in [7, 11) is 1.53. The highest BCUT2D eigenvalue weighted by Gasteiger charge is 2.42. The first kappa shape index (κ1) is 26.8. The molecule has 0 spiro atoms. The van der Waals surface area contributed by atoms with Gasteiger partial charge in [0.2, 0.25) is 0 Å². The fourth-order valence-corrected chi connectivity index (χ4v) is 3.31. The number of rotatable bonds is 6. The highest BCUT2D eigenvalue weighted by Crippen LogP contribution is 2.37. The second kappa shape index (κ2) is 12.0. The molecule has 11 heteroatoms. The number of ether oxygens (including phenoxy) is 1. The zero-order valence-electron chi connectivity index (χ0n) is 16.4. The maximum atomic E-state index is 12.9. The molecule has 2 N–H and O–H groups in total. The molecule has 0 aromatic heterocycles. The lowest BCUT2D eigenvalue weighted by Gasteiger charge is -2.31. The summed E-state index contributed by atoms with van der Waals surface area (Å²) in [4.78, 5) is 4.05. The third kappa shape index (κ3) is 9.71. The molecule has 2 unspecified atom stereocenters. The molecule has 1 aliphatic rings. The number of alkyl halides is 6. The van der Waals surface area contributed by atoms with E-state index in [0.717, 1.165) is 5.56 Å². The van der Waals surface area contributed by atoms with Crippen LogP contribution in [0.5, 0.6) is 0 Å². The van der Waals surface area contributed by atoms with Crippen molar-refractivity contribution >= 4 is 29.9 Å². The van der Waals surface area contributed by atoms with E-state index in [-0.39, 0.29) is 49.5 Å². The summed E-state index contributed by atoms with van der Waals surface area (Å²) in [5.74, 6) is -0.920. The SMILES string of the molecule is CN=C(NCc1cccc(COCC(F)(F)F)c1)NC1CCCC(C(F)(F)F)C1.I. The molecule has 1 aliphatic carbocycles. The van der Waals surface area contributed by atoms with Gasteiger partial charge in [0, 0.05) is 19.6 Å². The van der Waals surface area contributed by atoms with Crippen LogP contribution in [0.25, 0.3) is 0 Å². The zero-order chi connectivity index (χ0) is 21.5. The van der Waals surface area contributed by atoms with Crippen molar-refractivity contribution in [2.45, 2.75) is 57.2 Å². The van der Waals surface area contributed by atoms with Gasteiger partial charge in [-0.15, -0.1) is 24.0 Å². The van der Waals surface area contributed by atoms with Gasteiger partial charge in [-0.05, 0) is 30.4 Å². The Labute approximate surface area is 188 Å². The van der Waals surface area contributed by atoms with Crippen LogP contribution in [0.15, 0.2) is 29.3 Å². The zero-order valence-corrected chi connectivity index (χ0v) is 18.8. The van der Waals surface area contributed by atoms with Crippen molar-refractivity contribution in [1.82, 2.24) is 10.6 Å². The molecule has 0 bridgehead atoms. The number of halogens is 7. The number of aliphatic imine (C=N–C) groups is 1. The van der Waals surface area contributed by atoms with Gasteiger partial charge in [0.15, 0.2) is 5.96 Å². The first-order valence-electron chi connectivity index (χ1n) is 9.33. The molecule has 0 aliphatic heterocycles. The van der Waals surface area contributed by atoms with Crippen LogP contribution in [0, 0.1) is 5.92 Å². The molecule has 1 fully saturated rings. The van der Waals surface area contributed by atoms with Gasteiger partial charge in [-0.2, -0.15) is 26.3 Å². The first-order valence-corrected chi connectivity index (χ1v) is 9.33. The number of benzene rings is 1. The minimum Gasteiger partial charge on any atom is -0.367 e. The van der Waals surface area contributed by atoms with Crippen molar-refractivity contribution in [3.05, 3.63) is 35.4 Å². The fourth-order valence-electron chi connectivity index (χ4n) is 3.31. The Bertz CT molecular complexity index is 681. The molecule has 0 heterocycles. The van der Waals surface area contributed by atoms with E-state index in [4.69, 9.17) is 0 Å². The van der Waals surface area contributed by atoms with Gasteiger partial charge >= 0.3 is 12.4 Å². The van der Waals surface area contributed by atoms with Gasteiger partial charge in [-0.1, -0.05) is 30.7 Å². The lowest BCUT2D eigenvalue weighted by molar-refractivity contribution is -0.183. The molecule has 1 aromatic rings. The summed E-state index contributed by atoms with van der Waals surface area (Å²) in [6.07, 6.45) is -7.27. The van der Waals surface area contributed by atoms with E-state index in [1.165, 1.54) is 7.05 Å². The average molecular weight is 553 g/mol. The summed E-state index contributed by atoms with van der Waals surface area (Å²) in [5, 5.41) is 6.06. The van der Waals surface area contributed by atoms with Crippen molar-refractivity contribution < 1.29 is 31.1 Å². The minimum absolute atomic E-state index is 0. The molecule has 0 amide bonds. The molecule has 30 heavy (non-hydrogen) atoms. The summed E-state index contributed by atoms with van der Waals surface area (Å²) in [6, 6.07) is 6.54. The highest BCUT2D eigenvalue weighted by molar-refractivity contribution is 14.0. The van der Waals surface area contributed by atoms with Crippen molar-refractivity contribution in [2.75, 3.05) is 13.7 Å². The molecule has 0 saturated heterocycles. The van der Waals surface area contributed by atoms with Gasteiger partial charge < -0.3 is 15.4 Å². The second-order valence-corrected chi connectivity index (χ2v) is 7.10. The summed E-state index contributed by atoms with van der Waals surface area (Å²) < 4.78 is 79.9. The van der Waals surface area contributed by atoms with Crippen LogP contribution in [-0.2, 0) is 17.9 Å². The van der Waals surface area contributed by atoms with Crippen LogP contribution in [0.3, 0.4) is 0 Å². The van der Waals surface area contributed by atoms with Crippen LogP contribution in [0.4, 0.5) is 26.3 Å². The van der Waals surface area contributed by atoms with Crippen LogP contribution in [0.1, 0.15) is 36.8 Å². The van der Waals surface area contributed by atoms with Gasteiger partial charge in [-0.3, -0.25) is 4.99 Å². The quantitative estimate of drug-likeness (QED) is 0.221. The Hall–Kier alpha value is -1.24. The van der Waals surface area contributed by atoms with E-state index in [1.807, 2.05) is 0 Å². The molecule has 172 valence electrons. The number of hydrogen-bond donors (Lipinski definition) is 2. The maximum absolute atomic E-state index is 12.9. The van der Waals surface area contributed by atoms with Gasteiger partial charge in [-0.25, -0.2) is 0 Å². The van der Waals surface area contributed by atoms with Gasteiger partial charge in [0.1, 0.15) is 6.61 Å².